The van der Waals surface area contributed by atoms with Crippen molar-refractivity contribution in [2.75, 3.05) is 13.6 Å². The molecule has 2 N–H and O–H groups in total. The third kappa shape index (κ3) is 3.33. The van der Waals surface area contributed by atoms with Crippen molar-refractivity contribution in [2.24, 2.45) is 0 Å². The summed E-state index contributed by atoms with van der Waals surface area (Å²) in [5.41, 5.74) is 0.511. The topological polar surface area (TPSA) is 56.3 Å². The van der Waals surface area contributed by atoms with Crippen LogP contribution in [0.15, 0.2) is 24.3 Å². The summed E-state index contributed by atoms with van der Waals surface area (Å²) in [6.07, 6.45) is -7.41. The number of benzene rings is 1. The first-order valence-electron chi connectivity index (χ1n) is 5.97. The molecule has 1 atom stereocenters. The number of hydrogen-bond donors (Lipinski definition) is 2. The molecule has 0 bridgehead atoms. The van der Waals surface area contributed by atoms with E-state index in [1.54, 1.807) is 0 Å². The number of nitrogens with zero attached hydrogens (tertiary/aromatic N) is 1. The number of fused-ring (bicyclic) bond motifs is 1. The predicted molar refractivity (Wildman–Crippen MR) is 67.3 cm³/mol. The van der Waals surface area contributed by atoms with Gasteiger partial charge in [-0.15, -0.1) is 0 Å². The molecule has 114 valence electrons. The Labute approximate surface area is 117 Å². The number of likely N-dealkylation sites (N-methyl/N-ethyl adjacent to an activating group) is 1. The van der Waals surface area contributed by atoms with Crippen LogP contribution in [0.1, 0.15) is 10.5 Å². The van der Waals surface area contributed by atoms with E-state index >= 15 is 0 Å². The van der Waals surface area contributed by atoms with Gasteiger partial charge in [0, 0.05) is 18.0 Å². The summed E-state index contributed by atoms with van der Waals surface area (Å²) in [6, 6.07) is 5.17. The number of carbonyl (C=O) groups excluding carboxylic acids is 1. The van der Waals surface area contributed by atoms with Crippen molar-refractivity contribution >= 4 is 16.8 Å². The molecular formula is C13H12F4N2O2. The standard InChI is InChI=1S/C13H12F4N2O2/c1-19(6-11(20)13(15,16)17)12(21)10-5-7-4-8(14)2-3-9(7)18-10/h2-5,11,18,20H,6H2,1H3. The van der Waals surface area contributed by atoms with E-state index in [4.69, 9.17) is 5.11 Å². The Morgan fingerprint density at radius 3 is 2.67 bits per heavy atom. The van der Waals surface area contributed by atoms with E-state index in [1.807, 2.05) is 0 Å². The van der Waals surface area contributed by atoms with Crippen LogP contribution in [0.3, 0.4) is 0 Å². The highest BCUT2D eigenvalue weighted by Gasteiger charge is 2.39. The van der Waals surface area contributed by atoms with Crippen molar-refractivity contribution in [3.8, 4) is 0 Å². The van der Waals surface area contributed by atoms with E-state index in [-0.39, 0.29) is 5.69 Å². The van der Waals surface area contributed by atoms with Gasteiger partial charge in [-0.25, -0.2) is 4.39 Å². The Morgan fingerprint density at radius 2 is 2.05 bits per heavy atom. The van der Waals surface area contributed by atoms with Crippen LogP contribution in [0.25, 0.3) is 10.9 Å². The Morgan fingerprint density at radius 1 is 1.38 bits per heavy atom. The van der Waals surface area contributed by atoms with Crippen molar-refractivity contribution in [3.05, 3.63) is 35.8 Å². The van der Waals surface area contributed by atoms with Crippen LogP contribution in [-0.4, -0.2) is 46.8 Å². The number of aromatic amines is 1. The lowest BCUT2D eigenvalue weighted by atomic mass is 10.2. The first-order chi connectivity index (χ1) is 9.68. The maximum absolute atomic E-state index is 13.0. The Bertz CT molecular complexity index is 666. The van der Waals surface area contributed by atoms with Gasteiger partial charge in [0.1, 0.15) is 11.5 Å². The Hall–Kier alpha value is -2.09. The first-order valence-corrected chi connectivity index (χ1v) is 5.97. The third-order valence-corrected chi connectivity index (χ3v) is 2.98. The number of hydrogen-bond acceptors (Lipinski definition) is 2. The molecule has 2 aromatic rings. The minimum atomic E-state index is -4.79. The van der Waals surface area contributed by atoms with Crippen molar-refractivity contribution in [1.29, 1.82) is 0 Å². The van der Waals surface area contributed by atoms with Crippen LogP contribution in [0, 0.1) is 5.82 Å². The molecule has 1 heterocycles. The average Bonchev–Trinajstić information content (AvgIpc) is 2.79. The number of halogens is 4. The highest BCUT2D eigenvalue weighted by atomic mass is 19.4. The zero-order valence-electron chi connectivity index (χ0n) is 10.9. The summed E-state index contributed by atoms with van der Waals surface area (Å²) in [5.74, 6) is -1.21. The lowest BCUT2D eigenvalue weighted by molar-refractivity contribution is -0.205. The number of aliphatic hydroxyl groups excluding tert-OH is 1. The molecule has 0 saturated carbocycles. The van der Waals surface area contributed by atoms with Crippen LogP contribution < -0.4 is 0 Å². The summed E-state index contributed by atoms with van der Waals surface area (Å²) in [4.78, 5) is 15.4. The van der Waals surface area contributed by atoms with Gasteiger partial charge in [-0.1, -0.05) is 0 Å². The summed E-state index contributed by atoms with van der Waals surface area (Å²) < 4.78 is 49.8. The van der Waals surface area contributed by atoms with Crippen molar-refractivity contribution in [3.63, 3.8) is 0 Å². The molecule has 1 amide bonds. The summed E-state index contributed by atoms with van der Waals surface area (Å²) in [7, 11) is 1.14. The van der Waals surface area contributed by atoms with Gasteiger partial charge >= 0.3 is 6.18 Å². The quantitative estimate of drug-likeness (QED) is 0.855. The molecular weight excluding hydrogens is 292 g/mol. The van der Waals surface area contributed by atoms with Crippen molar-refractivity contribution < 1.29 is 27.5 Å². The minimum absolute atomic E-state index is 0.0208. The number of carbonyl (C=O) groups is 1. The molecule has 0 radical (unpaired) electrons. The number of amides is 1. The van der Waals surface area contributed by atoms with Crippen LogP contribution in [0.2, 0.25) is 0 Å². The molecule has 2 rings (SSSR count). The molecule has 0 fully saturated rings. The minimum Gasteiger partial charge on any atom is -0.382 e. The number of rotatable bonds is 3. The largest absolute Gasteiger partial charge is 0.416 e. The summed E-state index contributed by atoms with van der Waals surface area (Å²) in [6.45, 7) is -0.883. The van der Waals surface area contributed by atoms with Gasteiger partial charge in [-0.05, 0) is 24.3 Å². The number of aliphatic hydroxyl groups is 1. The zero-order valence-corrected chi connectivity index (χ0v) is 10.9. The molecule has 1 unspecified atom stereocenters. The highest BCUT2D eigenvalue weighted by Crippen LogP contribution is 2.22. The van der Waals surface area contributed by atoms with Crippen molar-refractivity contribution in [1.82, 2.24) is 9.88 Å². The third-order valence-electron chi connectivity index (χ3n) is 2.98. The number of aromatic nitrogens is 1. The number of alkyl halides is 3. The lowest BCUT2D eigenvalue weighted by Gasteiger charge is -2.21. The van der Waals surface area contributed by atoms with Crippen LogP contribution >= 0.6 is 0 Å². The highest BCUT2D eigenvalue weighted by molar-refractivity contribution is 5.97. The van der Waals surface area contributed by atoms with Gasteiger partial charge in [0.2, 0.25) is 0 Å². The molecule has 1 aromatic heterocycles. The molecule has 1 aromatic carbocycles. The number of H-pyrrole nitrogens is 1. The van der Waals surface area contributed by atoms with E-state index in [0.717, 1.165) is 11.9 Å². The van der Waals surface area contributed by atoms with E-state index < -0.39 is 30.5 Å². The van der Waals surface area contributed by atoms with Gasteiger partial charge in [0.15, 0.2) is 6.10 Å². The molecule has 4 nitrogen and oxygen atoms in total. The van der Waals surface area contributed by atoms with Crippen LogP contribution in [0.5, 0.6) is 0 Å². The molecule has 0 saturated heterocycles. The molecule has 21 heavy (non-hydrogen) atoms. The van der Waals surface area contributed by atoms with Gasteiger partial charge < -0.3 is 15.0 Å². The molecule has 0 aliphatic carbocycles. The maximum atomic E-state index is 13.0. The SMILES string of the molecule is CN(CC(O)C(F)(F)F)C(=O)c1cc2cc(F)ccc2[nH]1. The fraction of sp³-hybridized carbons (Fsp3) is 0.308. The average molecular weight is 304 g/mol. The molecule has 8 heteroatoms. The molecule has 0 aliphatic rings. The predicted octanol–water partition coefficient (Wildman–Crippen LogP) is 2.30. The summed E-state index contributed by atoms with van der Waals surface area (Å²) in [5, 5.41) is 9.38. The zero-order chi connectivity index (χ0) is 15.8. The fourth-order valence-electron chi connectivity index (χ4n) is 1.87. The van der Waals surface area contributed by atoms with E-state index in [0.29, 0.717) is 10.9 Å². The van der Waals surface area contributed by atoms with E-state index in [9.17, 15) is 22.4 Å². The van der Waals surface area contributed by atoms with E-state index in [2.05, 4.69) is 4.98 Å². The van der Waals surface area contributed by atoms with Crippen LogP contribution in [0.4, 0.5) is 17.6 Å². The van der Waals surface area contributed by atoms with Gasteiger partial charge in [-0.3, -0.25) is 4.79 Å². The maximum Gasteiger partial charge on any atom is 0.416 e. The van der Waals surface area contributed by atoms with Crippen LogP contribution in [-0.2, 0) is 0 Å². The second kappa shape index (κ2) is 5.36. The second-order valence-electron chi connectivity index (χ2n) is 4.66. The lowest BCUT2D eigenvalue weighted by Crippen LogP contribution is -2.41. The van der Waals surface area contributed by atoms with Crippen molar-refractivity contribution in [2.45, 2.75) is 12.3 Å². The number of nitrogens with one attached hydrogen (secondary N) is 1. The molecule has 0 spiro atoms. The van der Waals surface area contributed by atoms with Gasteiger partial charge in [0.05, 0.1) is 6.54 Å². The Balaban J connectivity index is 2.17. The summed E-state index contributed by atoms with van der Waals surface area (Å²) >= 11 is 0. The van der Waals surface area contributed by atoms with Gasteiger partial charge in [0.25, 0.3) is 5.91 Å². The smallest absolute Gasteiger partial charge is 0.382 e. The molecule has 0 aliphatic heterocycles. The first kappa shape index (κ1) is 15.3. The fourth-order valence-corrected chi connectivity index (χ4v) is 1.87. The Kier molecular flexibility index (Phi) is 3.91. The van der Waals surface area contributed by atoms with E-state index in [1.165, 1.54) is 24.3 Å². The second-order valence-corrected chi connectivity index (χ2v) is 4.66. The van der Waals surface area contributed by atoms with Gasteiger partial charge in [-0.2, -0.15) is 13.2 Å². The monoisotopic (exact) mass is 304 g/mol. The normalized spacial score (nSPS) is 13.4.